The fraction of sp³-hybridized carbons (Fsp3) is 0.552. The van der Waals surface area contributed by atoms with Crippen molar-refractivity contribution in [2.24, 2.45) is 5.92 Å². The van der Waals surface area contributed by atoms with E-state index in [2.05, 4.69) is 34.3 Å². The molecule has 1 saturated heterocycles. The molecule has 2 aliphatic heterocycles. The maximum Gasteiger partial charge on any atom is 0.275 e. The lowest BCUT2D eigenvalue weighted by atomic mass is 9.86. The number of amides is 1. The summed E-state index contributed by atoms with van der Waals surface area (Å²) in [6, 6.07) is 2.25. The summed E-state index contributed by atoms with van der Waals surface area (Å²) in [7, 11) is 4.13. The summed E-state index contributed by atoms with van der Waals surface area (Å²) in [4.78, 5) is 55.3. The van der Waals surface area contributed by atoms with Gasteiger partial charge in [-0.1, -0.05) is 12.8 Å². The SMILES string of the molecule is Cc1cc(Nc2ncnc3sc4c(c23)CC[C@H](C(=O)N2CC(N(C)C)C2)C4)c(=O)n2c1C(=O)CC21CCCC1. The Morgan fingerprint density at radius 3 is 2.69 bits per heavy atom. The van der Waals surface area contributed by atoms with E-state index in [0.717, 1.165) is 73.8 Å². The Morgan fingerprint density at radius 1 is 1.18 bits per heavy atom. The van der Waals surface area contributed by atoms with E-state index in [9.17, 15) is 14.4 Å². The van der Waals surface area contributed by atoms with Crippen LogP contribution in [0.25, 0.3) is 10.2 Å². The number of hydrogen-bond acceptors (Lipinski definition) is 8. The molecule has 10 heteroatoms. The smallest absolute Gasteiger partial charge is 0.275 e. The molecule has 1 atom stereocenters. The molecule has 7 rings (SSSR count). The van der Waals surface area contributed by atoms with E-state index < -0.39 is 0 Å². The number of aryl methyl sites for hydroxylation is 2. The van der Waals surface area contributed by atoms with Gasteiger partial charge in [0.2, 0.25) is 5.91 Å². The van der Waals surface area contributed by atoms with E-state index in [0.29, 0.717) is 29.7 Å². The van der Waals surface area contributed by atoms with Gasteiger partial charge in [0.05, 0.1) is 16.6 Å². The van der Waals surface area contributed by atoms with Gasteiger partial charge in [-0.3, -0.25) is 19.0 Å². The average molecular weight is 547 g/mol. The van der Waals surface area contributed by atoms with Crippen molar-refractivity contribution < 1.29 is 9.59 Å². The standard InChI is InChI=1S/C29H34N6O3S/c1-16-10-20(28(38)35-24(16)21(36)12-29(35)8-4-5-9-29)32-25-23-19-7-6-17(11-22(19)39-26(23)31-15-30-25)27(37)34-13-18(14-34)33(2)3/h10,15,17-18H,4-9,11-14H2,1-3H3,(H,30,31,32)/t17-/m0/s1. The molecule has 1 saturated carbocycles. The molecule has 3 aromatic rings. The van der Waals surface area contributed by atoms with E-state index >= 15 is 0 Å². The first kappa shape index (κ1) is 24.9. The number of anilines is 2. The summed E-state index contributed by atoms with van der Waals surface area (Å²) in [6.45, 7) is 3.54. The number of hydrogen-bond donors (Lipinski definition) is 1. The van der Waals surface area contributed by atoms with Crippen LogP contribution in [0.3, 0.4) is 0 Å². The van der Waals surface area contributed by atoms with Gasteiger partial charge in [-0.05, 0) is 70.3 Å². The third-order valence-corrected chi connectivity index (χ3v) is 10.7. The second-order valence-electron chi connectivity index (χ2n) is 12.1. The van der Waals surface area contributed by atoms with Gasteiger partial charge < -0.3 is 15.1 Å². The number of Topliss-reactive ketones (excluding diaryl/α,β-unsaturated/α-hetero) is 1. The maximum atomic E-state index is 13.8. The van der Waals surface area contributed by atoms with E-state index in [1.807, 2.05) is 11.8 Å². The highest BCUT2D eigenvalue weighted by Crippen LogP contribution is 2.45. The van der Waals surface area contributed by atoms with Crippen LogP contribution in [-0.4, -0.2) is 69.3 Å². The lowest BCUT2D eigenvalue weighted by Crippen LogP contribution is -2.60. The van der Waals surface area contributed by atoms with Crippen molar-refractivity contribution in [3.8, 4) is 0 Å². The number of carbonyl (C=O) groups is 2. The van der Waals surface area contributed by atoms with Crippen LogP contribution < -0.4 is 10.9 Å². The van der Waals surface area contributed by atoms with E-state index in [1.165, 1.54) is 16.8 Å². The number of pyridine rings is 1. The molecule has 1 N–H and O–H groups in total. The first-order chi connectivity index (χ1) is 18.8. The Bertz CT molecular complexity index is 1580. The number of thiophene rings is 1. The number of nitrogens with one attached hydrogen (secondary N) is 1. The van der Waals surface area contributed by atoms with Crippen molar-refractivity contribution >= 4 is 44.7 Å². The van der Waals surface area contributed by atoms with Gasteiger partial charge >= 0.3 is 0 Å². The number of carbonyl (C=O) groups excluding carboxylic acids is 2. The zero-order chi connectivity index (χ0) is 27.1. The van der Waals surface area contributed by atoms with Crippen LogP contribution in [-0.2, 0) is 23.2 Å². The molecule has 0 unspecified atom stereocenters. The van der Waals surface area contributed by atoms with Crippen LogP contribution in [0.1, 0.15) is 65.0 Å². The topological polar surface area (TPSA) is 100 Å². The van der Waals surface area contributed by atoms with Gasteiger partial charge in [0, 0.05) is 36.3 Å². The fourth-order valence-electron chi connectivity index (χ4n) is 7.29. The van der Waals surface area contributed by atoms with Gasteiger partial charge in [0.15, 0.2) is 5.78 Å². The van der Waals surface area contributed by atoms with Gasteiger partial charge in [-0.25, -0.2) is 9.97 Å². The molecule has 0 aromatic carbocycles. The average Bonchev–Trinajstić information content (AvgIpc) is 3.56. The molecule has 1 amide bonds. The monoisotopic (exact) mass is 546 g/mol. The molecular weight excluding hydrogens is 512 g/mol. The molecule has 0 bridgehead atoms. The van der Waals surface area contributed by atoms with Crippen molar-refractivity contribution in [2.45, 2.75) is 69.9 Å². The lowest BCUT2D eigenvalue weighted by molar-refractivity contribution is -0.142. The van der Waals surface area contributed by atoms with E-state index in [4.69, 9.17) is 0 Å². The predicted molar refractivity (Wildman–Crippen MR) is 151 cm³/mol. The van der Waals surface area contributed by atoms with E-state index in [-0.39, 0.29) is 28.7 Å². The molecule has 39 heavy (non-hydrogen) atoms. The van der Waals surface area contributed by atoms with E-state index in [1.54, 1.807) is 22.0 Å². The molecule has 9 nitrogen and oxygen atoms in total. The largest absolute Gasteiger partial charge is 0.339 e. The van der Waals surface area contributed by atoms with Gasteiger partial charge in [-0.15, -0.1) is 11.3 Å². The number of aromatic nitrogens is 3. The Morgan fingerprint density at radius 2 is 1.95 bits per heavy atom. The fourth-order valence-corrected chi connectivity index (χ4v) is 8.56. The van der Waals surface area contributed by atoms with Gasteiger partial charge in [-0.2, -0.15) is 0 Å². The number of likely N-dealkylation sites (tertiary alicyclic amines) is 1. The van der Waals surface area contributed by atoms with Crippen LogP contribution in [0.2, 0.25) is 0 Å². The first-order valence-corrected chi connectivity index (χ1v) is 14.9. The molecule has 1 spiro atoms. The van der Waals surface area contributed by atoms with Crippen LogP contribution in [0, 0.1) is 12.8 Å². The van der Waals surface area contributed by atoms with Crippen LogP contribution in [0.4, 0.5) is 11.5 Å². The Hall–Kier alpha value is -3.11. The molecule has 2 fully saturated rings. The maximum absolute atomic E-state index is 13.8. The molecule has 5 heterocycles. The summed E-state index contributed by atoms with van der Waals surface area (Å²) >= 11 is 1.63. The molecule has 0 radical (unpaired) electrons. The normalized spacial score (nSPS) is 22.0. The summed E-state index contributed by atoms with van der Waals surface area (Å²) < 4.78 is 1.80. The molecular formula is C29H34N6O3S. The van der Waals surface area contributed by atoms with Crippen LogP contribution in [0.15, 0.2) is 17.2 Å². The third-order valence-electron chi connectivity index (χ3n) is 9.51. The molecule has 2 aliphatic carbocycles. The number of nitrogens with zero attached hydrogens (tertiary/aromatic N) is 5. The highest BCUT2D eigenvalue weighted by Gasteiger charge is 2.47. The zero-order valence-electron chi connectivity index (χ0n) is 22.7. The minimum Gasteiger partial charge on any atom is -0.339 e. The van der Waals surface area contributed by atoms with Gasteiger partial charge in [0.25, 0.3) is 5.56 Å². The molecule has 3 aromatic heterocycles. The Balaban J connectivity index is 1.20. The minimum atomic E-state index is -0.376. The number of fused-ring (bicyclic) bond motifs is 5. The molecule has 204 valence electrons. The number of likely N-dealkylation sites (N-methyl/N-ethyl adjacent to an activating group) is 1. The highest BCUT2D eigenvalue weighted by atomic mass is 32.1. The lowest BCUT2D eigenvalue weighted by Gasteiger charge is -2.44. The Kier molecular flexibility index (Phi) is 5.72. The summed E-state index contributed by atoms with van der Waals surface area (Å²) in [5.74, 6) is 0.967. The second kappa shape index (κ2) is 8.96. The highest BCUT2D eigenvalue weighted by molar-refractivity contribution is 7.19. The summed E-state index contributed by atoms with van der Waals surface area (Å²) in [5, 5.41) is 4.31. The molecule has 4 aliphatic rings. The number of ketones is 1. The van der Waals surface area contributed by atoms with Crippen molar-refractivity contribution in [1.29, 1.82) is 0 Å². The predicted octanol–water partition coefficient (Wildman–Crippen LogP) is 3.64. The summed E-state index contributed by atoms with van der Waals surface area (Å²) in [5.41, 5.74) is 2.52. The first-order valence-electron chi connectivity index (χ1n) is 14.0. The van der Waals surface area contributed by atoms with Crippen molar-refractivity contribution in [3.05, 3.63) is 44.4 Å². The quantitative estimate of drug-likeness (QED) is 0.533. The zero-order valence-corrected chi connectivity index (χ0v) is 23.6. The number of rotatable bonds is 4. The van der Waals surface area contributed by atoms with Crippen molar-refractivity contribution in [2.75, 3.05) is 32.5 Å². The third kappa shape index (κ3) is 3.78. The summed E-state index contributed by atoms with van der Waals surface area (Å²) in [6.07, 6.45) is 8.12. The van der Waals surface area contributed by atoms with Crippen LogP contribution in [0.5, 0.6) is 0 Å². The van der Waals surface area contributed by atoms with Crippen LogP contribution >= 0.6 is 11.3 Å². The second-order valence-corrected chi connectivity index (χ2v) is 13.2. The van der Waals surface area contributed by atoms with Gasteiger partial charge in [0.1, 0.15) is 22.7 Å². The minimum absolute atomic E-state index is 0.00202. The van der Waals surface area contributed by atoms with Crippen molar-refractivity contribution in [3.63, 3.8) is 0 Å². The van der Waals surface area contributed by atoms with Crippen molar-refractivity contribution in [1.82, 2.24) is 24.3 Å². The Labute approximate surface area is 231 Å².